The Kier molecular flexibility index (Phi) is 5.25. The van der Waals surface area contributed by atoms with Gasteiger partial charge in [-0.1, -0.05) is 25.0 Å². The Bertz CT molecular complexity index is 799. The van der Waals surface area contributed by atoms with Crippen LogP contribution in [0.2, 0.25) is 0 Å². The van der Waals surface area contributed by atoms with Crippen molar-refractivity contribution in [2.45, 2.75) is 37.6 Å². The first-order chi connectivity index (χ1) is 13.1. The molecule has 6 heteroatoms. The second kappa shape index (κ2) is 7.80. The summed E-state index contributed by atoms with van der Waals surface area (Å²) in [4.78, 5) is 13.2. The van der Waals surface area contributed by atoms with Gasteiger partial charge in [0.15, 0.2) is 0 Å². The van der Waals surface area contributed by atoms with Crippen LogP contribution in [-0.4, -0.2) is 28.8 Å². The highest BCUT2D eigenvalue weighted by molar-refractivity contribution is 5.81. The summed E-state index contributed by atoms with van der Waals surface area (Å²) in [5.41, 5.74) is 1.96. The van der Waals surface area contributed by atoms with Crippen LogP contribution in [0.3, 0.4) is 0 Å². The summed E-state index contributed by atoms with van der Waals surface area (Å²) in [6, 6.07) is 6.56. The molecule has 3 atom stereocenters. The zero-order chi connectivity index (χ0) is 18.8. The summed E-state index contributed by atoms with van der Waals surface area (Å²) < 4.78 is 15.6. The molecule has 1 saturated heterocycles. The molecule has 1 aromatic heterocycles. The molecule has 0 bridgehead atoms. The molecule has 0 radical (unpaired) electrons. The molecule has 2 heterocycles. The number of hydrogen-bond donors (Lipinski definition) is 2. The van der Waals surface area contributed by atoms with E-state index in [1.54, 1.807) is 16.8 Å². The summed E-state index contributed by atoms with van der Waals surface area (Å²) in [7, 11) is 1.89. The van der Waals surface area contributed by atoms with Crippen molar-refractivity contribution in [3.8, 4) is 0 Å². The fourth-order valence-corrected chi connectivity index (χ4v) is 4.66. The Balaban J connectivity index is 1.54. The van der Waals surface area contributed by atoms with Gasteiger partial charge in [0.1, 0.15) is 5.82 Å². The van der Waals surface area contributed by atoms with Gasteiger partial charge in [-0.05, 0) is 42.0 Å². The van der Waals surface area contributed by atoms with E-state index in [-0.39, 0.29) is 29.6 Å². The van der Waals surface area contributed by atoms with Crippen LogP contribution < -0.4 is 10.6 Å². The topological polar surface area (TPSA) is 59.0 Å². The van der Waals surface area contributed by atoms with Crippen LogP contribution in [0, 0.1) is 17.7 Å². The van der Waals surface area contributed by atoms with Crippen molar-refractivity contribution >= 4 is 5.91 Å². The molecular weight excluding hydrogens is 343 g/mol. The van der Waals surface area contributed by atoms with Gasteiger partial charge in [-0.3, -0.25) is 9.48 Å². The van der Waals surface area contributed by atoms with E-state index in [2.05, 4.69) is 15.7 Å². The average Bonchev–Trinajstić information content (AvgIpc) is 3.40. The lowest BCUT2D eigenvalue weighted by Gasteiger charge is -2.28. The average molecular weight is 370 g/mol. The molecule has 1 aromatic carbocycles. The minimum atomic E-state index is -0.250. The third-order valence-corrected chi connectivity index (χ3v) is 6.08. The highest BCUT2D eigenvalue weighted by atomic mass is 19.1. The molecule has 2 aliphatic rings. The van der Waals surface area contributed by atoms with Crippen LogP contribution in [0.1, 0.15) is 48.8 Å². The second-order valence-electron chi connectivity index (χ2n) is 7.90. The van der Waals surface area contributed by atoms with Gasteiger partial charge in [0.2, 0.25) is 5.91 Å². The van der Waals surface area contributed by atoms with E-state index in [0.29, 0.717) is 12.5 Å². The first-order valence-electron chi connectivity index (χ1n) is 9.87. The maximum absolute atomic E-state index is 13.8. The zero-order valence-corrected chi connectivity index (χ0v) is 15.7. The normalized spacial score (nSPS) is 24.2. The third-order valence-electron chi connectivity index (χ3n) is 6.08. The number of halogens is 1. The maximum atomic E-state index is 13.8. The van der Waals surface area contributed by atoms with E-state index in [4.69, 9.17) is 0 Å². The van der Waals surface area contributed by atoms with E-state index in [0.717, 1.165) is 30.5 Å². The molecule has 2 aromatic rings. The molecule has 27 heavy (non-hydrogen) atoms. The second-order valence-corrected chi connectivity index (χ2v) is 7.90. The molecule has 144 valence electrons. The number of amides is 1. The van der Waals surface area contributed by atoms with Crippen LogP contribution in [0.15, 0.2) is 36.7 Å². The fourth-order valence-electron chi connectivity index (χ4n) is 4.66. The molecule has 1 amide bonds. The molecule has 1 unspecified atom stereocenters. The smallest absolute Gasteiger partial charge is 0.225 e. The number of rotatable bonds is 5. The van der Waals surface area contributed by atoms with E-state index in [9.17, 15) is 9.18 Å². The number of nitrogens with one attached hydrogen (secondary N) is 2. The number of hydrogen-bond acceptors (Lipinski definition) is 3. The van der Waals surface area contributed by atoms with E-state index >= 15 is 0 Å². The minimum absolute atomic E-state index is 0.0509. The van der Waals surface area contributed by atoms with Crippen molar-refractivity contribution in [3.05, 3.63) is 53.6 Å². The number of nitrogens with zero attached hydrogens (tertiary/aromatic N) is 2. The van der Waals surface area contributed by atoms with E-state index in [1.807, 2.05) is 25.5 Å². The van der Waals surface area contributed by atoms with Gasteiger partial charge >= 0.3 is 0 Å². The first kappa shape index (κ1) is 18.2. The lowest BCUT2D eigenvalue weighted by Crippen LogP contribution is -2.39. The SMILES string of the molecule is Cn1cc([C@H]2CNC[C@@H]2C(=O)NC(c2cccc(F)c2)C2CCCC2)cn1. The number of carbonyl (C=O) groups excluding carboxylic acids is 1. The lowest BCUT2D eigenvalue weighted by atomic mass is 9.87. The van der Waals surface area contributed by atoms with Crippen LogP contribution in [0.5, 0.6) is 0 Å². The fraction of sp³-hybridized carbons (Fsp3) is 0.524. The van der Waals surface area contributed by atoms with Crippen LogP contribution in [-0.2, 0) is 11.8 Å². The Labute approximate surface area is 159 Å². The van der Waals surface area contributed by atoms with Crippen LogP contribution in [0.4, 0.5) is 4.39 Å². The maximum Gasteiger partial charge on any atom is 0.225 e. The summed E-state index contributed by atoms with van der Waals surface area (Å²) in [6.07, 6.45) is 8.34. The Morgan fingerprint density at radius 2 is 2.15 bits per heavy atom. The molecule has 4 rings (SSSR count). The summed E-state index contributed by atoms with van der Waals surface area (Å²) in [5.74, 6) is 0.166. The van der Waals surface area contributed by atoms with Crippen LogP contribution in [0.25, 0.3) is 0 Å². The van der Waals surface area contributed by atoms with Crippen molar-refractivity contribution in [3.63, 3.8) is 0 Å². The third kappa shape index (κ3) is 3.90. The Hall–Kier alpha value is -2.21. The molecule has 1 aliphatic heterocycles. The molecule has 1 aliphatic carbocycles. The minimum Gasteiger partial charge on any atom is -0.349 e. The Morgan fingerprint density at radius 3 is 2.85 bits per heavy atom. The zero-order valence-electron chi connectivity index (χ0n) is 15.7. The standard InChI is InChI=1S/C21H27FN4O/c1-26-13-16(10-24-26)18-11-23-12-19(18)21(27)25-20(14-5-2-3-6-14)15-7-4-8-17(22)9-15/h4,7-10,13-14,18-20,23H,2-3,5-6,11-12H2,1H3,(H,25,27)/t18-,19+,20?/m1/s1. The van der Waals surface area contributed by atoms with Gasteiger partial charge in [-0.2, -0.15) is 5.10 Å². The van der Waals surface area contributed by atoms with E-state index < -0.39 is 0 Å². The number of carbonyl (C=O) groups is 1. The molecule has 5 nitrogen and oxygen atoms in total. The Morgan fingerprint density at radius 1 is 1.33 bits per heavy atom. The van der Waals surface area contributed by atoms with Crippen molar-refractivity contribution in [1.29, 1.82) is 0 Å². The van der Waals surface area contributed by atoms with Gasteiger partial charge in [-0.25, -0.2) is 4.39 Å². The molecule has 0 spiro atoms. The van der Waals surface area contributed by atoms with Gasteiger partial charge in [0.25, 0.3) is 0 Å². The van der Waals surface area contributed by atoms with Gasteiger partial charge in [0, 0.05) is 32.3 Å². The summed E-state index contributed by atoms with van der Waals surface area (Å²) in [6.45, 7) is 1.43. The molecule has 2 N–H and O–H groups in total. The monoisotopic (exact) mass is 370 g/mol. The van der Waals surface area contributed by atoms with Crippen molar-refractivity contribution in [2.24, 2.45) is 18.9 Å². The first-order valence-corrected chi connectivity index (χ1v) is 9.87. The predicted molar refractivity (Wildman–Crippen MR) is 102 cm³/mol. The van der Waals surface area contributed by atoms with Crippen molar-refractivity contribution in [1.82, 2.24) is 20.4 Å². The van der Waals surface area contributed by atoms with Gasteiger partial charge < -0.3 is 10.6 Å². The van der Waals surface area contributed by atoms with E-state index in [1.165, 1.54) is 18.9 Å². The lowest BCUT2D eigenvalue weighted by molar-refractivity contribution is -0.126. The quantitative estimate of drug-likeness (QED) is 0.851. The molecule has 2 fully saturated rings. The van der Waals surface area contributed by atoms with Crippen molar-refractivity contribution < 1.29 is 9.18 Å². The molecule has 1 saturated carbocycles. The number of aryl methyl sites for hydroxylation is 1. The van der Waals surface area contributed by atoms with Gasteiger partial charge in [-0.15, -0.1) is 0 Å². The largest absolute Gasteiger partial charge is 0.349 e. The van der Waals surface area contributed by atoms with Crippen molar-refractivity contribution in [2.75, 3.05) is 13.1 Å². The highest BCUT2D eigenvalue weighted by Crippen LogP contribution is 2.37. The highest BCUT2D eigenvalue weighted by Gasteiger charge is 2.37. The summed E-state index contributed by atoms with van der Waals surface area (Å²) in [5, 5.41) is 10.9. The number of benzene rings is 1. The van der Waals surface area contributed by atoms with Crippen LogP contribution >= 0.6 is 0 Å². The number of aromatic nitrogens is 2. The molecular formula is C21H27FN4O. The summed E-state index contributed by atoms with van der Waals surface area (Å²) >= 11 is 0. The van der Waals surface area contributed by atoms with Gasteiger partial charge in [0.05, 0.1) is 18.2 Å². The predicted octanol–water partition coefficient (Wildman–Crippen LogP) is 2.91.